The van der Waals surface area contributed by atoms with Gasteiger partial charge in [0.15, 0.2) is 0 Å². The molecule has 0 atom stereocenters. The third kappa shape index (κ3) is 3.49. The van der Waals surface area contributed by atoms with Gasteiger partial charge in [-0.25, -0.2) is 0 Å². The second-order valence-corrected chi connectivity index (χ2v) is 4.08. The predicted molar refractivity (Wildman–Crippen MR) is 60.4 cm³/mol. The normalized spacial score (nSPS) is 10.8. The SMILES string of the molecule is CC(C)(O)CNc1cc(C#N)ccc1N. The van der Waals surface area contributed by atoms with Crippen molar-refractivity contribution in [2.75, 3.05) is 17.6 Å². The molecule has 0 spiro atoms. The number of anilines is 2. The van der Waals surface area contributed by atoms with E-state index in [4.69, 9.17) is 11.0 Å². The van der Waals surface area contributed by atoms with Crippen LogP contribution in [0.3, 0.4) is 0 Å². The second-order valence-electron chi connectivity index (χ2n) is 4.08. The predicted octanol–water partition coefficient (Wildman–Crippen LogP) is 1.32. The van der Waals surface area contributed by atoms with Crippen LogP contribution in [0.25, 0.3) is 0 Å². The molecular weight excluding hydrogens is 190 g/mol. The van der Waals surface area contributed by atoms with Gasteiger partial charge in [-0.1, -0.05) is 0 Å². The van der Waals surface area contributed by atoms with Gasteiger partial charge in [-0.15, -0.1) is 0 Å². The first-order valence-electron chi connectivity index (χ1n) is 4.68. The number of nitrogens with two attached hydrogens (primary N) is 1. The fourth-order valence-corrected chi connectivity index (χ4v) is 1.09. The van der Waals surface area contributed by atoms with E-state index in [2.05, 4.69) is 5.32 Å². The lowest BCUT2D eigenvalue weighted by Gasteiger charge is -2.19. The van der Waals surface area contributed by atoms with Gasteiger partial charge in [0, 0.05) is 6.54 Å². The van der Waals surface area contributed by atoms with E-state index in [1.165, 1.54) is 0 Å². The molecule has 0 heterocycles. The molecule has 0 amide bonds. The molecule has 0 saturated heterocycles. The van der Waals surface area contributed by atoms with E-state index in [1.54, 1.807) is 32.0 Å². The Morgan fingerprint density at radius 3 is 2.73 bits per heavy atom. The number of aliphatic hydroxyl groups is 1. The monoisotopic (exact) mass is 205 g/mol. The fraction of sp³-hybridized carbons (Fsp3) is 0.364. The number of nitriles is 1. The van der Waals surface area contributed by atoms with Gasteiger partial charge < -0.3 is 16.2 Å². The summed E-state index contributed by atoms with van der Waals surface area (Å²) < 4.78 is 0. The van der Waals surface area contributed by atoms with Crippen LogP contribution >= 0.6 is 0 Å². The van der Waals surface area contributed by atoms with Crippen molar-refractivity contribution >= 4 is 11.4 Å². The van der Waals surface area contributed by atoms with Crippen molar-refractivity contribution in [3.8, 4) is 6.07 Å². The topological polar surface area (TPSA) is 82.1 Å². The summed E-state index contributed by atoms with van der Waals surface area (Å²) in [5, 5.41) is 21.2. The Kier molecular flexibility index (Phi) is 3.17. The Bertz CT molecular complexity index is 388. The van der Waals surface area contributed by atoms with Gasteiger partial charge in [-0.05, 0) is 32.0 Å². The maximum Gasteiger partial charge on any atom is 0.0992 e. The van der Waals surface area contributed by atoms with Crippen molar-refractivity contribution in [3.63, 3.8) is 0 Å². The van der Waals surface area contributed by atoms with Gasteiger partial charge >= 0.3 is 0 Å². The van der Waals surface area contributed by atoms with E-state index in [0.29, 0.717) is 23.5 Å². The zero-order valence-corrected chi connectivity index (χ0v) is 8.91. The van der Waals surface area contributed by atoms with Crippen LogP contribution in [0.4, 0.5) is 11.4 Å². The van der Waals surface area contributed by atoms with E-state index >= 15 is 0 Å². The fourth-order valence-electron chi connectivity index (χ4n) is 1.09. The number of benzene rings is 1. The van der Waals surface area contributed by atoms with Gasteiger partial charge in [0.1, 0.15) is 0 Å². The quantitative estimate of drug-likeness (QED) is 0.650. The summed E-state index contributed by atoms with van der Waals surface area (Å²) in [7, 11) is 0. The molecule has 0 aliphatic rings. The van der Waals surface area contributed by atoms with Gasteiger partial charge in [-0.2, -0.15) is 5.26 Å². The van der Waals surface area contributed by atoms with Crippen LogP contribution in [0.15, 0.2) is 18.2 Å². The maximum absolute atomic E-state index is 9.53. The summed E-state index contributed by atoms with van der Waals surface area (Å²) >= 11 is 0. The molecular formula is C11H15N3O. The smallest absolute Gasteiger partial charge is 0.0992 e. The molecule has 0 bridgehead atoms. The highest BCUT2D eigenvalue weighted by atomic mass is 16.3. The first-order valence-corrected chi connectivity index (χ1v) is 4.68. The lowest BCUT2D eigenvalue weighted by Crippen LogP contribution is -2.29. The third-order valence-electron chi connectivity index (χ3n) is 1.89. The largest absolute Gasteiger partial charge is 0.397 e. The van der Waals surface area contributed by atoms with Crippen LogP contribution in [0, 0.1) is 11.3 Å². The maximum atomic E-state index is 9.53. The molecule has 1 rings (SSSR count). The highest BCUT2D eigenvalue weighted by molar-refractivity contribution is 5.68. The van der Waals surface area contributed by atoms with Gasteiger partial charge in [0.05, 0.1) is 28.6 Å². The first-order chi connectivity index (χ1) is 6.92. The van der Waals surface area contributed by atoms with Crippen molar-refractivity contribution in [2.45, 2.75) is 19.4 Å². The zero-order valence-electron chi connectivity index (χ0n) is 8.91. The Balaban J connectivity index is 2.81. The van der Waals surface area contributed by atoms with Crippen LogP contribution in [0.2, 0.25) is 0 Å². The zero-order chi connectivity index (χ0) is 11.5. The number of hydrogen-bond donors (Lipinski definition) is 3. The van der Waals surface area contributed by atoms with Gasteiger partial charge in [0.25, 0.3) is 0 Å². The van der Waals surface area contributed by atoms with Crippen LogP contribution in [0.1, 0.15) is 19.4 Å². The minimum absolute atomic E-state index is 0.381. The summed E-state index contributed by atoms with van der Waals surface area (Å²) in [4.78, 5) is 0. The lowest BCUT2D eigenvalue weighted by molar-refractivity contribution is 0.0945. The number of nitrogens with zero attached hydrogens (tertiary/aromatic N) is 1. The lowest BCUT2D eigenvalue weighted by atomic mass is 10.1. The molecule has 1 aromatic carbocycles. The van der Waals surface area contributed by atoms with E-state index in [9.17, 15) is 5.11 Å². The number of nitrogen functional groups attached to an aromatic ring is 1. The molecule has 0 aromatic heterocycles. The van der Waals surface area contributed by atoms with E-state index in [1.807, 2.05) is 6.07 Å². The Morgan fingerprint density at radius 1 is 1.53 bits per heavy atom. The number of hydrogen-bond acceptors (Lipinski definition) is 4. The number of rotatable bonds is 3. The molecule has 0 unspecified atom stereocenters. The average molecular weight is 205 g/mol. The summed E-state index contributed by atoms with van der Waals surface area (Å²) in [5.41, 5.74) is 6.70. The Labute approximate surface area is 89.3 Å². The van der Waals surface area contributed by atoms with Crippen molar-refractivity contribution in [3.05, 3.63) is 23.8 Å². The van der Waals surface area contributed by atoms with Crippen molar-refractivity contribution in [2.24, 2.45) is 0 Å². The summed E-state index contributed by atoms with van der Waals surface area (Å²) in [6.07, 6.45) is 0. The second kappa shape index (κ2) is 4.20. The van der Waals surface area contributed by atoms with Crippen LogP contribution in [0.5, 0.6) is 0 Å². The highest BCUT2D eigenvalue weighted by Crippen LogP contribution is 2.20. The van der Waals surface area contributed by atoms with Crippen LogP contribution in [-0.4, -0.2) is 17.3 Å². The molecule has 15 heavy (non-hydrogen) atoms. The first kappa shape index (κ1) is 11.3. The van der Waals surface area contributed by atoms with Crippen molar-refractivity contribution < 1.29 is 5.11 Å². The summed E-state index contributed by atoms with van der Waals surface area (Å²) in [6.45, 7) is 3.78. The molecule has 4 nitrogen and oxygen atoms in total. The molecule has 0 aliphatic carbocycles. The molecule has 80 valence electrons. The van der Waals surface area contributed by atoms with E-state index < -0.39 is 5.60 Å². The molecule has 4 heteroatoms. The number of nitrogens with one attached hydrogen (secondary N) is 1. The average Bonchev–Trinajstić information content (AvgIpc) is 2.15. The Hall–Kier alpha value is -1.73. The summed E-state index contributed by atoms with van der Waals surface area (Å²) in [5.74, 6) is 0. The van der Waals surface area contributed by atoms with Gasteiger partial charge in [0.2, 0.25) is 0 Å². The van der Waals surface area contributed by atoms with Crippen LogP contribution < -0.4 is 11.1 Å². The minimum atomic E-state index is -0.810. The summed E-state index contributed by atoms with van der Waals surface area (Å²) in [6, 6.07) is 7.03. The standard InChI is InChI=1S/C11H15N3O/c1-11(2,15)7-14-10-5-8(6-12)3-4-9(10)13/h3-5,14-15H,7,13H2,1-2H3. The molecule has 4 N–H and O–H groups in total. The van der Waals surface area contributed by atoms with E-state index in [0.717, 1.165) is 0 Å². The highest BCUT2D eigenvalue weighted by Gasteiger charge is 2.12. The minimum Gasteiger partial charge on any atom is -0.397 e. The molecule has 1 aromatic rings. The molecule has 0 aliphatic heterocycles. The van der Waals surface area contributed by atoms with Gasteiger partial charge in [-0.3, -0.25) is 0 Å². The Morgan fingerprint density at radius 2 is 2.20 bits per heavy atom. The van der Waals surface area contributed by atoms with Crippen molar-refractivity contribution in [1.29, 1.82) is 5.26 Å². The third-order valence-corrected chi connectivity index (χ3v) is 1.89. The molecule has 0 fully saturated rings. The van der Waals surface area contributed by atoms with Crippen molar-refractivity contribution in [1.82, 2.24) is 0 Å². The molecule has 0 saturated carbocycles. The van der Waals surface area contributed by atoms with E-state index in [-0.39, 0.29) is 0 Å². The van der Waals surface area contributed by atoms with Crippen LogP contribution in [-0.2, 0) is 0 Å². The molecule has 0 radical (unpaired) electrons.